The molecule has 0 atom stereocenters. The summed E-state index contributed by atoms with van der Waals surface area (Å²) in [6.45, 7) is 1.54. The number of aromatic carboxylic acids is 1. The number of halogens is 2. The molecule has 2 aromatic rings. The van der Waals surface area contributed by atoms with E-state index in [1.807, 2.05) is 30.3 Å². The average molecular weight is 364 g/mol. The highest BCUT2D eigenvalue weighted by molar-refractivity contribution is 6.35. The first-order chi connectivity index (χ1) is 11.5. The zero-order valence-corrected chi connectivity index (χ0v) is 14.7. The number of carboxylic acids is 1. The van der Waals surface area contributed by atoms with Crippen LogP contribution in [-0.4, -0.2) is 17.6 Å². The van der Waals surface area contributed by atoms with Crippen LogP contribution in [0, 0.1) is 0 Å². The maximum atomic E-state index is 10.9. The smallest absolute Gasteiger partial charge is 0.335 e. The highest BCUT2D eigenvalue weighted by Gasteiger charge is 2.39. The standard InChI is InChI=1S/C19H19Cl2NO2/c20-15-6-7-16(17(21)10-15)19(8-1-9-19)12-22-11-13-2-4-14(5-3-13)18(23)24/h2-7,10,22H,1,8-9,11-12H2,(H,23,24). The van der Waals surface area contributed by atoms with Crippen LogP contribution in [0.25, 0.3) is 0 Å². The molecule has 3 rings (SSSR count). The van der Waals surface area contributed by atoms with Crippen LogP contribution in [0.4, 0.5) is 0 Å². The Morgan fingerprint density at radius 2 is 1.83 bits per heavy atom. The Bertz CT molecular complexity index is 740. The Labute approximate surface area is 151 Å². The summed E-state index contributed by atoms with van der Waals surface area (Å²) in [5, 5.41) is 13.8. The van der Waals surface area contributed by atoms with E-state index in [2.05, 4.69) is 5.32 Å². The molecule has 3 nitrogen and oxygen atoms in total. The van der Waals surface area contributed by atoms with Gasteiger partial charge < -0.3 is 10.4 Å². The van der Waals surface area contributed by atoms with Crippen molar-refractivity contribution in [3.05, 3.63) is 69.2 Å². The molecule has 0 aliphatic heterocycles. The second kappa shape index (κ2) is 7.14. The Kier molecular flexibility index (Phi) is 5.14. The van der Waals surface area contributed by atoms with Gasteiger partial charge in [0.05, 0.1) is 5.56 Å². The molecule has 0 bridgehead atoms. The number of nitrogens with one attached hydrogen (secondary N) is 1. The highest BCUT2D eigenvalue weighted by atomic mass is 35.5. The van der Waals surface area contributed by atoms with Crippen molar-refractivity contribution >= 4 is 29.2 Å². The molecule has 2 N–H and O–H groups in total. The molecule has 0 amide bonds. The quantitative estimate of drug-likeness (QED) is 0.766. The maximum absolute atomic E-state index is 10.9. The maximum Gasteiger partial charge on any atom is 0.335 e. The molecule has 0 heterocycles. The second-order valence-corrected chi connectivity index (χ2v) is 7.21. The average Bonchev–Trinajstić information content (AvgIpc) is 2.51. The molecule has 24 heavy (non-hydrogen) atoms. The number of hydrogen-bond donors (Lipinski definition) is 2. The normalized spacial score (nSPS) is 15.8. The SMILES string of the molecule is O=C(O)c1ccc(CNCC2(c3ccc(Cl)cc3Cl)CCC2)cc1. The van der Waals surface area contributed by atoms with Crippen molar-refractivity contribution in [1.29, 1.82) is 0 Å². The van der Waals surface area contributed by atoms with E-state index in [0.29, 0.717) is 17.1 Å². The van der Waals surface area contributed by atoms with E-state index in [0.717, 1.165) is 35.5 Å². The molecule has 2 aromatic carbocycles. The first-order valence-corrected chi connectivity index (χ1v) is 8.74. The summed E-state index contributed by atoms with van der Waals surface area (Å²) in [5.74, 6) is -0.902. The molecule has 1 fully saturated rings. The Morgan fingerprint density at radius 3 is 2.38 bits per heavy atom. The summed E-state index contributed by atoms with van der Waals surface area (Å²) in [4.78, 5) is 10.9. The Morgan fingerprint density at radius 1 is 1.12 bits per heavy atom. The minimum atomic E-state index is -0.902. The lowest BCUT2D eigenvalue weighted by Crippen LogP contribution is -2.43. The van der Waals surface area contributed by atoms with Gasteiger partial charge in [0.25, 0.3) is 0 Å². The summed E-state index contributed by atoms with van der Waals surface area (Å²) in [6.07, 6.45) is 3.42. The molecule has 0 spiro atoms. The van der Waals surface area contributed by atoms with Gasteiger partial charge in [0.2, 0.25) is 0 Å². The van der Waals surface area contributed by atoms with Gasteiger partial charge in [-0.1, -0.05) is 47.8 Å². The molecule has 0 saturated heterocycles. The molecule has 0 radical (unpaired) electrons. The molecule has 1 aliphatic carbocycles. The number of benzene rings is 2. The number of hydrogen-bond acceptors (Lipinski definition) is 2. The van der Waals surface area contributed by atoms with Gasteiger partial charge in [-0.3, -0.25) is 0 Å². The fourth-order valence-corrected chi connectivity index (χ4v) is 3.88. The van der Waals surface area contributed by atoms with E-state index in [9.17, 15) is 4.79 Å². The van der Waals surface area contributed by atoms with Crippen LogP contribution in [0.5, 0.6) is 0 Å². The largest absolute Gasteiger partial charge is 0.478 e. The monoisotopic (exact) mass is 363 g/mol. The van der Waals surface area contributed by atoms with Gasteiger partial charge in [0.15, 0.2) is 0 Å². The van der Waals surface area contributed by atoms with E-state index >= 15 is 0 Å². The van der Waals surface area contributed by atoms with E-state index in [1.54, 1.807) is 12.1 Å². The minimum Gasteiger partial charge on any atom is -0.478 e. The van der Waals surface area contributed by atoms with Crippen molar-refractivity contribution in [3.8, 4) is 0 Å². The fraction of sp³-hybridized carbons (Fsp3) is 0.316. The summed E-state index contributed by atoms with van der Waals surface area (Å²) in [6, 6.07) is 12.7. The predicted molar refractivity (Wildman–Crippen MR) is 97.1 cm³/mol. The zero-order chi connectivity index (χ0) is 17.2. The van der Waals surface area contributed by atoms with Gasteiger partial charge in [-0.2, -0.15) is 0 Å². The number of carboxylic acid groups (broad SMARTS) is 1. The molecule has 0 aromatic heterocycles. The Balaban J connectivity index is 1.65. The van der Waals surface area contributed by atoms with Crippen LogP contribution in [-0.2, 0) is 12.0 Å². The van der Waals surface area contributed by atoms with Crippen LogP contribution >= 0.6 is 23.2 Å². The molecule has 126 valence electrons. The van der Waals surface area contributed by atoms with Gasteiger partial charge in [-0.15, -0.1) is 0 Å². The fourth-order valence-electron chi connectivity index (χ4n) is 3.28. The van der Waals surface area contributed by atoms with Gasteiger partial charge in [0, 0.05) is 28.5 Å². The summed E-state index contributed by atoms with van der Waals surface area (Å²) in [5.41, 5.74) is 2.61. The minimum absolute atomic E-state index is 0.0721. The third-order valence-corrected chi connectivity index (χ3v) is 5.35. The van der Waals surface area contributed by atoms with Crippen LogP contribution in [0.1, 0.15) is 40.7 Å². The zero-order valence-electron chi connectivity index (χ0n) is 13.2. The third kappa shape index (κ3) is 3.59. The molecule has 1 aliphatic rings. The molecule has 1 saturated carbocycles. The van der Waals surface area contributed by atoms with Crippen LogP contribution in [0.3, 0.4) is 0 Å². The van der Waals surface area contributed by atoms with E-state index < -0.39 is 5.97 Å². The van der Waals surface area contributed by atoms with Crippen LogP contribution < -0.4 is 5.32 Å². The van der Waals surface area contributed by atoms with Crippen molar-refractivity contribution in [3.63, 3.8) is 0 Å². The Hall–Kier alpha value is -1.55. The van der Waals surface area contributed by atoms with Gasteiger partial charge >= 0.3 is 5.97 Å². The molecular formula is C19H19Cl2NO2. The molecule has 0 unspecified atom stereocenters. The summed E-state index contributed by atoms with van der Waals surface area (Å²) < 4.78 is 0. The van der Waals surface area contributed by atoms with Crippen molar-refractivity contribution in [2.24, 2.45) is 0 Å². The van der Waals surface area contributed by atoms with Crippen LogP contribution in [0.2, 0.25) is 10.0 Å². The summed E-state index contributed by atoms with van der Waals surface area (Å²) in [7, 11) is 0. The van der Waals surface area contributed by atoms with Gasteiger partial charge in [-0.05, 0) is 48.2 Å². The van der Waals surface area contributed by atoms with Crippen molar-refractivity contribution in [1.82, 2.24) is 5.32 Å². The number of carbonyl (C=O) groups is 1. The second-order valence-electron chi connectivity index (χ2n) is 6.36. The van der Waals surface area contributed by atoms with E-state index in [-0.39, 0.29) is 5.41 Å². The lowest BCUT2D eigenvalue weighted by Gasteiger charge is -2.43. The highest BCUT2D eigenvalue weighted by Crippen LogP contribution is 2.46. The lowest BCUT2D eigenvalue weighted by atomic mass is 9.64. The topological polar surface area (TPSA) is 49.3 Å². The number of rotatable bonds is 6. The molecule has 5 heteroatoms. The first-order valence-electron chi connectivity index (χ1n) is 7.99. The van der Waals surface area contributed by atoms with E-state index in [1.165, 1.54) is 6.42 Å². The lowest BCUT2D eigenvalue weighted by molar-refractivity contribution is 0.0697. The molecular weight excluding hydrogens is 345 g/mol. The third-order valence-electron chi connectivity index (χ3n) is 4.81. The van der Waals surface area contributed by atoms with Crippen LogP contribution in [0.15, 0.2) is 42.5 Å². The van der Waals surface area contributed by atoms with Crippen molar-refractivity contribution in [2.75, 3.05) is 6.54 Å². The first kappa shape index (κ1) is 17.3. The summed E-state index contributed by atoms with van der Waals surface area (Å²) >= 11 is 12.4. The van der Waals surface area contributed by atoms with E-state index in [4.69, 9.17) is 28.3 Å². The van der Waals surface area contributed by atoms with Gasteiger partial charge in [0.1, 0.15) is 0 Å². The predicted octanol–water partition coefficient (Wildman–Crippen LogP) is 4.90. The van der Waals surface area contributed by atoms with Crippen molar-refractivity contribution < 1.29 is 9.90 Å². The van der Waals surface area contributed by atoms with Gasteiger partial charge in [-0.25, -0.2) is 4.79 Å². The van der Waals surface area contributed by atoms with Crippen molar-refractivity contribution in [2.45, 2.75) is 31.2 Å².